The highest BCUT2D eigenvalue weighted by atomic mass is 79.9. The van der Waals surface area contributed by atoms with Crippen LogP contribution in [-0.4, -0.2) is 10.8 Å². The highest BCUT2D eigenvalue weighted by Gasteiger charge is 2.20. The summed E-state index contributed by atoms with van der Waals surface area (Å²) in [5.41, 5.74) is 4.19. The van der Waals surface area contributed by atoms with Gasteiger partial charge in [-0.25, -0.2) is 0 Å². The van der Waals surface area contributed by atoms with E-state index in [0.29, 0.717) is 11.1 Å². The molecule has 0 fully saturated rings. The van der Waals surface area contributed by atoms with E-state index in [-0.39, 0.29) is 5.78 Å². The average Bonchev–Trinajstić information content (AvgIpc) is 2.75. The Hall–Kier alpha value is -2.63. The number of hydrogen-bond acceptors (Lipinski definition) is 2. The molecule has 0 aliphatic rings. The van der Waals surface area contributed by atoms with Crippen LogP contribution >= 0.6 is 31.9 Å². The van der Waals surface area contributed by atoms with Crippen molar-refractivity contribution in [3.8, 4) is 16.9 Å². The fourth-order valence-corrected chi connectivity index (χ4v) is 3.50. The van der Waals surface area contributed by atoms with Crippen LogP contribution in [0.3, 0.4) is 0 Å². The van der Waals surface area contributed by atoms with Crippen molar-refractivity contribution in [1.82, 2.24) is 4.98 Å². The number of halogens is 2. The van der Waals surface area contributed by atoms with Gasteiger partial charge in [-0.15, -0.1) is 0 Å². The van der Waals surface area contributed by atoms with Gasteiger partial charge in [0.25, 0.3) is 0 Å². The maximum atomic E-state index is 13.0. The van der Waals surface area contributed by atoms with E-state index in [9.17, 15) is 4.79 Å². The molecule has 0 saturated heterocycles. The molecule has 0 N–H and O–H groups in total. The van der Waals surface area contributed by atoms with Crippen LogP contribution in [0.5, 0.6) is 0 Å². The van der Waals surface area contributed by atoms with Crippen molar-refractivity contribution in [1.29, 1.82) is 0 Å². The van der Waals surface area contributed by atoms with Gasteiger partial charge < -0.3 is 0 Å². The molecule has 0 amide bonds. The molecule has 0 spiro atoms. The molecule has 2 aromatic carbocycles. The third kappa shape index (κ3) is 3.96. The van der Waals surface area contributed by atoms with Gasteiger partial charge in [0, 0.05) is 38.4 Å². The predicted molar refractivity (Wildman–Crippen MR) is 116 cm³/mol. The number of hydrogen-bond donors (Lipinski definition) is 0. The molecule has 0 aliphatic carbocycles. The second kappa shape index (κ2) is 8.17. The maximum Gasteiger partial charge on any atom is 0.229 e. The van der Waals surface area contributed by atoms with Gasteiger partial charge >= 0.3 is 0 Å². The predicted octanol–water partition coefficient (Wildman–Crippen LogP) is 5.78. The van der Waals surface area contributed by atoms with E-state index >= 15 is 0 Å². The summed E-state index contributed by atoms with van der Waals surface area (Å²) < 4.78 is 3.97. The standard InChI is InChI=1S/C23H15Br2N2O/c24-19-8-3-16(4-9-19)22-12-7-18(15-27(22)21-2-1-13-26-14-21)23(28)17-5-10-20(25)11-6-17/h1-15H/q+1. The first-order valence-electron chi connectivity index (χ1n) is 8.64. The van der Waals surface area contributed by atoms with Gasteiger partial charge in [-0.3, -0.25) is 9.78 Å². The first-order valence-corrected chi connectivity index (χ1v) is 10.2. The van der Waals surface area contributed by atoms with Crippen molar-refractivity contribution in [2.75, 3.05) is 0 Å². The quantitative estimate of drug-likeness (QED) is 0.266. The van der Waals surface area contributed by atoms with Gasteiger partial charge in [0.15, 0.2) is 12.0 Å². The Morgan fingerprint density at radius 1 is 0.786 bits per heavy atom. The van der Waals surface area contributed by atoms with Gasteiger partial charge in [-0.1, -0.05) is 31.9 Å². The van der Waals surface area contributed by atoms with Crippen molar-refractivity contribution in [2.45, 2.75) is 0 Å². The molecule has 0 bridgehead atoms. The van der Waals surface area contributed by atoms with Crippen LogP contribution in [-0.2, 0) is 0 Å². The molecule has 0 atom stereocenters. The Morgan fingerprint density at radius 3 is 2.07 bits per heavy atom. The zero-order valence-corrected chi connectivity index (χ0v) is 17.9. The summed E-state index contributed by atoms with van der Waals surface area (Å²) in [4.78, 5) is 17.2. The molecule has 2 aromatic heterocycles. The molecule has 28 heavy (non-hydrogen) atoms. The Morgan fingerprint density at radius 2 is 1.43 bits per heavy atom. The van der Waals surface area contributed by atoms with Crippen molar-refractivity contribution in [3.05, 3.63) is 111 Å². The first-order chi connectivity index (χ1) is 13.6. The second-order valence-corrected chi connectivity index (χ2v) is 8.06. The SMILES string of the molecule is O=C(c1ccc(Br)cc1)c1ccc(-c2ccc(Br)cc2)[n+](-c2cccnc2)c1. The lowest BCUT2D eigenvalue weighted by molar-refractivity contribution is -0.584. The molecule has 4 rings (SSSR count). The smallest absolute Gasteiger partial charge is 0.229 e. The third-order valence-electron chi connectivity index (χ3n) is 4.38. The van der Waals surface area contributed by atoms with E-state index in [1.165, 1.54) is 0 Å². The molecule has 0 radical (unpaired) electrons. The molecule has 5 heteroatoms. The minimum Gasteiger partial charge on any atom is -0.288 e. The molecular formula is C23H15Br2N2O+. The second-order valence-electron chi connectivity index (χ2n) is 6.23. The lowest BCUT2D eigenvalue weighted by Gasteiger charge is -2.07. The zero-order chi connectivity index (χ0) is 19.5. The molecule has 0 aliphatic heterocycles. The van der Waals surface area contributed by atoms with Crippen molar-refractivity contribution >= 4 is 37.6 Å². The van der Waals surface area contributed by atoms with Crippen LogP contribution in [0.4, 0.5) is 0 Å². The van der Waals surface area contributed by atoms with E-state index in [4.69, 9.17) is 0 Å². The van der Waals surface area contributed by atoms with Gasteiger partial charge in [0.1, 0.15) is 0 Å². The van der Waals surface area contributed by atoms with Crippen LogP contribution < -0.4 is 4.57 Å². The Balaban J connectivity index is 1.84. The fraction of sp³-hybridized carbons (Fsp3) is 0. The summed E-state index contributed by atoms with van der Waals surface area (Å²) in [7, 11) is 0. The summed E-state index contributed by atoms with van der Waals surface area (Å²) >= 11 is 6.89. The number of rotatable bonds is 4. The normalized spacial score (nSPS) is 10.6. The first kappa shape index (κ1) is 18.7. The van der Waals surface area contributed by atoms with E-state index in [1.807, 2.05) is 83.6 Å². The van der Waals surface area contributed by atoms with E-state index in [1.54, 1.807) is 12.4 Å². The summed E-state index contributed by atoms with van der Waals surface area (Å²) in [6.07, 6.45) is 5.40. The van der Waals surface area contributed by atoms with Crippen LogP contribution in [0.1, 0.15) is 15.9 Å². The fourth-order valence-electron chi connectivity index (χ4n) is 2.97. The van der Waals surface area contributed by atoms with Crippen LogP contribution in [0.25, 0.3) is 16.9 Å². The number of carbonyl (C=O) groups is 1. The minimum atomic E-state index is -0.0208. The largest absolute Gasteiger partial charge is 0.288 e. The highest BCUT2D eigenvalue weighted by Crippen LogP contribution is 2.21. The van der Waals surface area contributed by atoms with E-state index in [0.717, 1.165) is 25.9 Å². The topological polar surface area (TPSA) is 33.8 Å². The van der Waals surface area contributed by atoms with Crippen molar-refractivity contribution < 1.29 is 9.36 Å². The molecule has 2 heterocycles. The van der Waals surface area contributed by atoms with Crippen LogP contribution in [0.2, 0.25) is 0 Å². The summed E-state index contributed by atoms with van der Waals surface area (Å²) in [5.74, 6) is -0.0208. The lowest BCUT2D eigenvalue weighted by Crippen LogP contribution is -2.34. The van der Waals surface area contributed by atoms with E-state index in [2.05, 4.69) is 36.8 Å². The number of ketones is 1. The molecule has 3 nitrogen and oxygen atoms in total. The summed E-state index contributed by atoms with van der Waals surface area (Å²) in [6, 6.07) is 23.2. The average molecular weight is 495 g/mol. The molecule has 136 valence electrons. The van der Waals surface area contributed by atoms with Crippen molar-refractivity contribution in [2.24, 2.45) is 0 Å². The van der Waals surface area contributed by atoms with Crippen molar-refractivity contribution in [3.63, 3.8) is 0 Å². The number of benzene rings is 2. The van der Waals surface area contributed by atoms with Gasteiger partial charge in [0.05, 0.1) is 11.8 Å². The summed E-state index contributed by atoms with van der Waals surface area (Å²) in [6.45, 7) is 0. The van der Waals surface area contributed by atoms with Gasteiger partial charge in [0.2, 0.25) is 11.4 Å². The number of nitrogens with zero attached hydrogens (tertiary/aromatic N) is 2. The van der Waals surface area contributed by atoms with Crippen LogP contribution in [0.15, 0.2) is 100 Å². The molecule has 4 aromatic rings. The van der Waals surface area contributed by atoms with Gasteiger partial charge in [-0.2, -0.15) is 4.57 Å². The number of carbonyl (C=O) groups excluding carboxylic acids is 1. The Labute approximate surface area is 180 Å². The summed E-state index contributed by atoms with van der Waals surface area (Å²) in [5, 5.41) is 0. The zero-order valence-electron chi connectivity index (χ0n) is 14.7. The molecule has 0 saturated carbocycles. The number of pyridine rings is 2. The maximum absolute atomic E-state index is 13.0. The number of aromatic nitrogens is 2. The minimum absolute atomic E-state index is 0.0208. The Kier molecular flexibility index (Phi) is 5.46. The lowest BCUT2D eigenvalue weighted by atomic mass is 10.0. The van der Waals surface area contributed by atoms with Crippen LogP contribution in [0, 0.1) is 0 Å². The molecule has 0 unspecified atom stereocenters. The van der Waals surface area contributed by atoms with E-state index < -0.39 is 0 Å². The third-order valence-corrected chi connectivity index (χ3v) is 5.44. The highest BCUT2D eigenvalue weighted by molar-refractivity contribution is 9.10. The van der Waals surface area contributed by atoms with Gasteiger partial charge in [-0.05, 0) is 60.7 Å². The molecular weight excluding hydrogens is 480 g/mol. The Bertz CT molecular complexity index is 1130. The monoisotopic (exact) mass is 493 g/mol.